The predicted octanol–water partition coefficient (Wildman–Crippen LogP) is 3.70. The fourth-order valence-electron chi connectivity index (χ4n) is 1.66. The topological polar surface area (TPSA) is 30.5 Å². The van der Waals surface area contributed by atoms with Gasteiger partial charge in [0, 0.05) is 18.3 Å². The van der Waals surface area contributed by atoms with Gasteiger partial charge in [0.1, 0.15) is 0 Å². The van der Waals surface area contributed by atoms with E-state index in [9.17, 15) is 0 Å². The molecule has 0 aliphatic carbocycles. The molecule has 1 aromatic rings. The molecule has 0 heterocycles. The summed E-state index contributed by atoms with van der Waals surface area (Å²) in [5.41, 5.74) is 1.18. The van der Waals surface area contributed by atoms with Crippen LogP contribution in [0, 0.1) is 0 Å². The SMILES string of the molecule is CCOc1c(Br)cc(CNCC(C)SC)cc1OC. The molecular formula is C14H22BrNO2S. The van der Waals surface area contributed by atoms with E-state index in [0.29, 0.717) is 11.9 Å². The third-order valence-electron chi connectivity index (χ3n) is 2.74. The van der Waals surface area contributed by atoms with Crippen LogP contribution in [-0.2, 0) is 6.54 Å². The fraction of sp³-hybridized carbons (Fsp3) is 0.571. The molecule has 19 heavy (non-hydrogen) atoms. The van der Waals surface area contributed by atoms with Crippen molar-refractivity contribution in [2.75, 3.05) is 26.5 Å². The molecule has 1 rings (SSSR count). The van der Waals surface area contributed by atoms with E-state index in [2.05, 4.69) is 40.5 Å². The summed E-state index contributed by atoms with van der Waals surface area (Å²) in [6, 6.07) is 4.09. The first-order valence-electron chi connectivity index (χ1n) is 6.35. The van der Waals surface area contributed by atoms with Gasteiger partial charge in [0.25, 0.3) is 0 Å². The number of benzene rings is 1. The Labute approximate surface area is 128 Å². The lowest BCUT2D eigenvalue weighted by molar-refractivity contribution is 0.308. The van der Waals surface area contributed by atoms with Crippen molar-refractivity contribution >= 4 is 27.7 Å². The van der Waals surface area contributed by atoms with Crippen molar-refractivity contribution in [2.45, 2.75) is 25.6 Å². The van der Waals surface area contributed by atoms with E-state index in [1.165, 1.54) is 5.56 Å². The molecular weight excluding hydrogens is 326 g/mol. The second-order valence-corrected chi connectivity index (χ2v) is 6.35. The molecule has 3 nitrogen and oxygen atoms in total. The van der Waals surface area contributed by atoms with Gasteiger partial charge >= 0.3 is 0 Å². The zero-order valence-electron chi connectivity index (χ0n) is 12.0. The predicted molar refractivity (Wildman–Crippen MR) is 86.5 cm³/mol. The van der Waals surface area contributed by atoms with Gasteiger partial charge in [-0.15, -0.1) is 0 Å². The van der Waals surface area contributed by atoms with E-state index < -0.39 is 0 Å². The molecule has 0 aliphatic heterocycles. The first-order chi connectivity index (χ1) is 9.12. The summed E-state index contributed by atoms with van der Waals surface area (Å²) in [7, 11) is 1.66. The molecule has 0 amide bonds. The highest BCUT2D eigenvalue weighted by atomic mass is 79.9. The van der Waals surface area contributed by atoms with Gasteiger partial charge in [-0.1, -0.05) is 6.92 Å². The Balaban J connectivity index is 2.72. The Bertz CT molecular complexity index is 401. The second-order valence-electron chi connectivity index (χ2n) is 4.22. The monoisotopic (exact) mass is 347 g/mol. The first-order valence-corrected chi connectivity index (χ1v) is 8.43. The van der Waals surface area contributed by atoms with E-state index in [1.54, 1.807) is 7.11 Å². The van der Waals surface area contributed by atoms with Crippen molar-refractivity contribution in [1.29, 1.82) is 0 Å². The van der Waals surface area contributed by atoms with Crippen LogP contribution >= 0.6 is 27.7 Å². The first kappa shape index (κ1) is 16.7. The van der Waals surface area contributed by atoms with Gasteiger partial charge in [-0.3, -0.25) is 0 Å². The third-order valence-corrected chi connectivity index (χ3v) is 4.30. The Hall–Kier alpha value is -0.390. The van der Waals surface area contributed by atoms with Crippen LogP contribution in [0.3, 0.4) is 0 Å². The summed E-state index contributed by atoms with van der Waals surface area (Å²) in [6.07, 6.45) is 2.13. The van der Waals surface area contributed by atoms with Gasteiger partial charge in [-0.2, -0.15) is 11.8 Å². The average molecular weight is 348 g/mol. The molecule has 5 heteroatoms. The molecule has 108 valence electrons. The van der Waals surface area contributed by atoms with Crippen LogP contribution < -0.4 is 14.8 Å². The standard InChI is InChI=1S/C14H22BrNO2S/c1-5-18-14-12(15)6-11(7-13(14)17-3)9-16-8-10(2)19-4/h6-7,10,16H,5,8-9H2,1-4H3. The second kappa shape index (κ2) is 8.72. The van der Waals surface area contributed by atoms with Crippen LogP contribution in [0.4, 0.5) is 0 Å². The number of hydrogen-bond acceptors (Lipinski definition) is 4. The number of rotatable bonds is 8. The number of thioether (sulfide) groups is 1. The summed E-state index contributed by atoms with van der Waals surface area (Å²) in [5.74, 6) is 1.54. The summed E-state index contributed by atoms with van der Waals surface area (Å²) >= 11 is 5.40. The molecule has 0 bridgehead atoms. The number of hydrogen-bond donors (Lipinski definition) is 1. The van der Waals surface area contributed by atoms with Gasteiger partial charge in [-0.25, -0.2) is 0 Å². The Morgan fingerprint density at radius 2 is 2.16 bits per heavy atom. The van der Waals surface area contributed by atoms with Crippen LogP contribution in [-0.4, -0.2) is 31.8 Å². The van der Waals surface area contributed by atoms with Gasteiger partial charge < -0.3 is 14.8 Å². The molecule has 0 aromatic heterocycles. The highest BCUT2D eigenvalue weighted by molar-refractivity contribution is 9.10. The van der Waals surface area contributed by atoms with Gasteiger partial charge in [-0.05, 0) is 46.8 Å². The van der Waals surface area contributed by atoms with Crippen molar-refractivity contribution in [3.8, 4) is 11.5 Å². The molecule has 0 fully saturated rings. The lowest BCUT2D eigenvalue weighted by Gasteiger charge is -2.14. The number of halogens is 1. The Morgan fingerprint density at radius 1 is 1.42 bits per heavy atom. The smallest absolute Gasteiger partial charge is 0.175 e. The third kappa shape index (κ3) is 5.24. The lowest BCUT2D eigenvalue weighted by atomic mass is 10.2. The minimum atomic E-state index is 0.619. The van der Waals surface area contributed by atoms with E-state index in [4.69, 9.17) is 9.47 Å². The Morgan fingerprint density at radius 3 is 2.74 bits per heavy atom. The normalized spacial score (nSPS) is 12.3. The molecule has 0 saturated carbocycles. The summed E-state index contributed by atoms with van der Waals surface area (Å²) in [6.45, 7) is 6.62. The van der Waals surface area contributed by atoms with Gasteiger partial charge in [0.05, 0.1) is 18.2 Å². The van der Waals surface area contributed by atoms with Crippen molar-refractivity contribution in [2.24, 2.45) is 0 Å². The van der Waals surface area contributed by atoms with E-state index in [1.807, 2.05) is 24.8 Å². The maximum absolute atomic E-state index is 5.58. The molecule has 0 radical (unpaired) electrons. The quantitative estimate of drug-likeness (QED) is 0.776. The molecule has 0 aliphatic rings. The highest BCUT2D eigenvalue weighted by Gasteiger charge is 2.11. The van der Waals surface area contributed by atoms with Crippen LogP contribution in [0.25, 0.3) is 0 Å². The average Bonchev–Trinajstić information content (AvgIpc) is 2.41. The summed E-state index contributed by atoms with van der Waals surface area (Å²) < 4.78 is 11.9. The lowest BCUT2D eigenvalue weighted by Crippen LogP contribution is -2.22. The molecule has 1 aromatic carbocycles. The molecule has 0 saturated heterocycles. The molecule has 1 atom stereocenters. The Kier molecular flexibility index (Phi) is 7.64. The van der Waals surface area contributed by atoms with Crippen LogP contribution in [0.15, 0.2) is 16.6 Å². The van der Waals surface area contributed by atoms with Crippen molar-refractivity contribution in [3.05, 3.63) is 22.2 Å². The largest absolute Gasteiger partial charge is 0.493 e. The fourth-order valence-corrected chi connectivity index (χ4v) is 2.55. The highest BCUT2D eigenvalue weighted by Crippen LogP contribution is 2.36. The molecule has 1 N–H and O–H groups in total. The van der Waals surface area contributed by atoms with Gasteiger partial charge in [0.15, 0.2) is 11.5 Å². The van der Waals surface area contributed by atoms with E-state index >= 15 is 0 Å². The van der Waals surface area contributed by atoms with E-state index in [0.717, 1.165) is 29.1 Å². The summed E-state index contributed by atoms with van der Waals surface area (Å²) in [5, 5.41) is 4.06. The minimum Gasteiger partial charge on any atom is -0.493 e. The number of ether oxygens (including phenoxy) is 2. The number of nitrogens with one attached hydrogen (secondary N) is 1. The van der Waals surface area contributed by atoms with Crippen molar-refractivity contribution in [1.82, 2.24) is 5.32 Å². The van der Waals surface area contributed by atoms with Crippen molar-refractivity contribution in [3.63, 3.8) is 0 Å². The maximum Gasteiger partial charge on any atom is 0.175 e. The zero-order chi connectivity index (χ0) is 14.3. The van der Waals surface area contributed by atoms with Crippen LogP contribution in [0.5, 0.6) is 11.5 Å². The van der Waals surface area contributed by atoms with Gasteiger partial charge in [0.2, 0.25) is 0 Å². The molecule has 0 spiro atoms. The zero-order valence-corrected chi connectivity index (χ0v) is 14.4. The minimum absolute atomic E-state index is 0.619. The van der Waals surface area contributed by atoms with E-state index in [-0.39, 0.29) is 0 Å². The van der Waals surface area contributed by atoms with Crippen LogP contribution in [0.2, 0.25) is 0 Å². The number of methoxy groups -OCH3 is 1. The summed E-state index contributed by atoms with van der Waals surface area (Å²) in [4.78, 5) is 0. The maximum atomic E-state index is 5.58. The van der Waals surface area contributed by atoms with Crippen LogP contribution in [0.1, 0.15) is 19.4 Å². The van der Waals surface area contributed by atoms with Crippen molar-refractivity contribution < 1.29 is 9.47 Å². The molecule has 1 unspecified atom stereocenters.